The number of non-ortho nitro benzene ring substituents is 1. The first kappa shape index (κ1) is 17.0. The molecule has 6 nitrogen and oxygen atoms in total. The number of aromatic nitrogens is 2. The third kappa shape index (κ3) is 3.91. The zero-order valence-corrected chi connectivity index (χ0v) is 14.6. The number of anilines is 2. The van der Waals surface area contributed by atoms with Crippen molar-refractivity contribution in [3.05, 3.63) is 64.6 Å². The topological polar surface area (TPSA) is 81.0 Å². The van der Waals surface area contributed by atoms with Gasteiger partial charge in [0.2, 0.25) is 0 Å². The number of nitrogens with zero attached hydrogens (tertiary/aromatic N) is 3. The second-order valence-corrected chi connectivity index (χ2v) is 5.68. The highest BCUT2D eigenvalue weighted by atomic mass is 79.9. The standard InChI is InChI=1S/C15H12N4O2S.BrH/c1-10-4-5-12(19(20)21)7-13(10)18-15-17-9-14(22-15)11-3-2-6-16-8-11;/h2-9H,1H3,(H,17,18);1H. The average molecular weight is 393 g/mol. The van der Waals surface area contributed by atoms with Crippen LogP contribution >= 0.6 is 28.3 Å². The van der Waals surface area contributed by atoms with Gasteiger partial charge in [-0.2, -0.15) is 0 Å². The lowest BCUT2D eigenvalue weighted by atomic mass is 10.2. The van der Waals surface area contributed by atoms with E-state index in [0.717, 1.165) is 16.0 Å². The molecule has 2 heterocycles. The lowest BCUT2D eigenvalue weighted by Gasteiger charge is -2.06. The molecule has 0 saturated heterocycles. The van der Waals surface area contributed by atoms with Crippen molar-refractivity contribution >= 4 is 44.8 Å². The minimum atomic E-state index is -0.409. The number of hydrogen-bond donors (Lipinski definition) is 1. The van der Waals surface area contributed by atoms with Gasteiger partial charge >= 0.3 is 0 Å². The molecule has 118 valence electrons. The summed E-state index contributed by atoms with van der Waals surface area (Å²) in [5, 5.41) is 14.7. The van der Waals surface area contributed by atoms with Crippen molar-refractivity contribution in [1.29, 1.82) is 0 Å². The summed E-state index contributed by atoms with van der Waals surface area (Å²) in [6.45, 7) is 1.89. The van der Waals surface area contributed by atoms with E-state index < -0.39 is 4.92 Å². The molecule has 0 amide bonds. The number of hydrogen-bond acceptors (Lipinski definition) is 6. The van der Waals surface area contributed by atoms with Crippen LogP contribution in [-0.4, -0.2) is 14.9 Å². The molecule has 1 aromatic carbocycles. The molecule has 1 N–H and O–H groups in total. The number of thiazole rings is 1. The van der Waals surface area contributed by atoms with Crippen molar-refractivity contribution in [2.45, 2.75) is 6.92 Å². The van der Waals surface area contributed by atoms with Gasteiger partial charge in [0.1, 0.15) is 0 Å². The fourth-order valence-electron chi connectivity index (χ4n) is 1.95. The van der Waals surface area contributed by atoms with E-state index in [2.05, 4.69) is 15.3 Å². The number of aryl methyl sites for hydroxylation is 1. The van der Waals surface area contributed by atoms with Crippen molar-refractivity contribution in [2.75, 3.05) is 5.32 Å². The summed E-state index contributed by atoms with van der Waals surface area (Å²) < 4.78 is 0. The van der Waals surface area contributed by atoms with Crippen LogP contribution in [0.1, 0.15) is 5.56 Å². The van der Waals surface area contributed by atoms with E-state index in [1.807, 2.05) is 19.1 Å². The Kier molecular flexibility index (Phi) is 5.41. The Morgan fingerprint density at radius 1 is 1.26 bits per heavy atom. The molecule has 0 aliphatic carbocycles. The van der Waals surface area contributed by atoms with Gasteiger partial charge in [-0.05, 0) is 18.6 Å². The first-order chi connectivity index (χ1) is 10.6. The molecule has 0 radical (unpaired) electrons. The largest absolute Gasteiger partial charge is 0.331 e. The molecule has 0 bridgehead atoms. The Balaban J connectivity index is 0.00000192. The number of nitrogens with one attached hydrogen (secondary N) is 1. The van der Waals surface area contributed by atoms with E-state index in [0.29, 0.717) is 10.8 Å². The van der Waals surface area contributed by atoms with Crippen molar-refractivity contribution in [2.24, 2.45) is 0 Å². The maximum Gasteiger partial charge on any atom is 0.271 e. The molecule has 0 saturated carbocycles. The summed E-state index contributed by atoms with van der Waals surface area (Å²) in [5.74, 6) is 0. The predicted molar refractivity (Wildman–Crippen MR) is 96.8 cm³/mol. The van der Waals surface area contributed by atoms with Gasteiger partial charge in [-0.15, -0.1) is 17.0 Å². The lowest BCUT2D eigenvalue weighted by Crippen LogP contribution is -1.95. The van der Waals surface area contributed by atoms with Gasteiger partial charge in [-0.25, -0.2) is 4.98 Å². The molecular formula is C15H13BrN4O2S. The Hall–Kier alpha value is -2.32. The zero-order chi connectivity index (χ0) is 15.5. The van der Waals surface area contributed by atoms with Gasteiger partial charge in [0, 0.05) is 36.3 Å². The molecule has 0 aliphatic heterocycles. The van der Waals surface area contributed by atoms with Crippen LogP contribution in [0.2, 0.25) is 0 Å². The van der Waals surface area contributed by atoms with Crippen molar-refractivity contribution in [3.63, 3.8) is 0 Å². The molecular weight excluding hydrogens is 380 g/mol. The van der Waals surface area contributed by atoms with Crippen LogP contribution in [-0.2, 0) is 0 Å². The van der Waals surface area contributed by atoms with Crippen LogP contribution in [0.5, 0.6) is 0 Å². The number of pyridine rings is 1. The molecule has 2 aromatic heterocycles. The van der Waals surface area contributed by atoms with Gasteiger partial charge in [-0.1, -0.05) is 23.5 Å². The van der Waals surface area contributed by atoms with Gasteiger partial charge in [0.05, 0.1) is 15.5 Å². The lowest BCUT2D eigenvalue weighted by molar-refractivity contribution is -0.384. The van der Waals surface area contributed by atoms with Crippen LogP contribution < -0.4 is 5.32 Å². The van der Waals surface area contributed by atoms with Gasteiger partial charge < -0.3 is 5.32 Å². The smallest absolute Gasteiger partial charge is 0.271 e. The maximum absolute atomic E-state index is 10.9. The Bertz CT molecular complexity index is 823. The third-order valence-corrected chi connectivity index (χ3v) is 4.09. The van der Waals surface area contributed by atoms with Crippen LogP contribution in [0.25, 0.3) is 10.4 Å². The van der Waals surface area contributed by atoms with E-state index in [4.69, 9.17) is 0 Å². The highest BCUT2D eigenvalue weighted by molar-refractivity contribution is 8.93. The summed E-state index contributed by atoms with van der Waals surface area (Å²) in [7, 11) is 0. The Morgan fingerprint density at radius 3 is 2.78 bits per heavy atom. The third-order valence-electron chi connectivity index (χ3n) is 3.13. The van der Waals surface area contributed by atoms with E-state index in [1.54, 1.807) is 24.7 Å². The summed E-state index contributed by atoms with van der Waals surface area (Å²) in [5.41, 5.74) is 2.64. The summed E-state index contributed by atoms with van der Waals surface area (Å²) in [6, 6.07) is 8.55. The molecule has 0 fully saturated rings. The van der Waals surface area contributed by atoms with Gasteiger partial charge in [0.25, 0.3) is 5.69 Å². The van der Waals surface area contributed by atoms with Crippen LogP contribution in [0.3, 0.4) is 0 Å². The highest BCUT2D eigenvalue weighted by Gasteiger charge is 2.11. The molecule has 3 aromatic rings. The molecule has 0 aliphatic rings. The van der Waals surface area contributed by atoms with E-state index in [1.165, 1.54) is 23.5 Å². The summed E-state index contributed by atoms with van der Waals surface area (Å²) in [4.78, 5) is 19.8. The van der Waals surface area contributed by atoms with E-state index >= 15 is 0 Å². The van der Waals surface area contributed by atoms with Gasteiger partial charge in [-0.3, -0.25) is 15.1 Å². The highest BCUT2D eigenvalue weighted by Crippen LogP contribution is 2.32. The number of halogens is 1. The minimum absolute atomic E-state index is 0. The normalized spacial score (nSPS) is 9.96. The number of rotatable bonds is 4. The predicted octanol–water partition coefficient (Wildman–Crippen LogP) is 4.74. The molecule has 0 spiro atoms. The Labute approximate surface area is 147 Å². The average Bonchev–Trinajstić information content (AvgIpc) is 2.99. The van der Waals surface area contributed by atoms with Crippen LogP contribution in [0, 0.1) is 17.0 Å². The second-order valence-electron chi connectivity index (χ2n) is 4.65. The fraction of sp³-hybridized carbons (Fsp3) is 0.0667. The molecule has 0 atom stereocenters. The van der Waals surface area contributed by atoms with Crippen molar-refractivity contribution in [3.8, 4) is 10.4 Å². The molecule has 23 heavy (non-hydrogen) atoms. The van der Waals surface area contributed by atoms with Gasteiger partial charge in [0.15, 0.2) is 5.13 Å². The second kappa shape index (κ2) is 7.30. The number of benzene rings is 1. The van der Waals surface area contributed by atoms with E-state index in [9.17, 15) is 10.1 Å². The van der Waals surface area contributed by atoms with Crippen LogP contribution in [0.4, 0.5) is 16.5 Å². The summed E-state index contributed by atoms with van der Waals surface area (Å²) >= 11 is 1.47. The quantitative estimate of drug-likeness (QED) is 0.511. The number of nitro benzene ring substituents is 1. The molecule has 3 rings (SSSR count). The van der Waals surface area contributed by atoms with Crippen molar-refractivity contribution in [1.82, 2.24) is 9.97 Å². The first-order valence-corrected chi connectivity index (χ1v) is 7.33. The van der Waals surface area contributed by atoms with E-state index in [-0.39, 0.29) is 22.7 Å². The van der Waals surface area contributed by atoms with Crippen LogP contribution in [0.15, 0.2) is 48.9 Å². The molecule has 8 heteroatoms. The first-order valence-electron chi connectivity index (χ1n) is 6.52. The van der Waals surface area contributed by atoms with Crippen molar-refractivity contribution < 1.29 is 4.92 Å². The minimum Gasteiger partial charge on any atom is -0.331 e. The monoisotopic (exact) mass is 392 g/mol. The number of nitro groups is 1. The Morgan fingerprint density at radius 2 is 2.09 bits per heavy atom. The maximum atomic E-state index is 10.9. The SMILES string of the molecule is Br.Cc1ccc([N+](=O)[O-])cc1Nc1ncc(-c2cccnc2)s1. The fourth-order valence-corrected chi connectivity index (χ4v) is 2.77. The zero-order valence-electron chi connectivity index (χ0n) is 12.1. The summed E-state index contributed by atoms with van der Waals surface area (Å²) in [6.07, 6.45) is 5.25. The molecule has 0 unspecified atom stereocenters.